The van der Waals surface area contributed by atoms with Crippen LogP contribution in [-0.4, -0.2) is 26.6 Å². The van der Waals surface area contributed by atoms with Crippen molar-refractivity contribution >= 4 is 33.2 Å². The fraction of sp³-hybridized carbons (Fsp3) is 0.579. The van der Waals surface area contributed by atoms with Gasteiger partial charge in [-0.2, -0.15) is 5.10 Å². The van der Waals surface area contributed by atoms with Crippen LogP contribution in [0.2, 0.25) is 5.02 Å². The highest BCUT2D eigenvalue weighted by Crippen LogP contribution is 2.63. The minimum absolute atomic E-state index is 0.00698. The second-order valence-corrected chi connectivity index (χ2v) is 10.4. The average Bonchev–Trinajstić information content (AvgIpc) is 2.93. The van der Waals surface area contributed by atoms with E-state index in [1.165, 1.54) is 30.7 Å². The molecular weight excluding hydrogens is 386 g/mol. The van der Waals surface area contributed by atoms with Crippen LogP contribution in [0.4, 0.5) is 0 Å². The zero-order chi connectivity index (χ0) is 19.9. The molecule has 148 valence electrons. The minimum atomic E-state index is -3.66. The summed E-state index contributed by atoms with van der Waals surface area (Å²) in [7, 11) is -3.66. The first-order valence-electron chi connectivity index (χ1n) is 9.17. The SMILES string of the molecule is CC1(C)[C@H]2CC[C@]1(C)/C(=N/NC(=O)CCNS(=O)(=O)c1ccc(Cl)cc1)C2. The number of hydrogen-bond acceptors (Lipinski definition) is 4. The number of benzene rings is 1. The summed E-state index contributed by atoms with van der Waals surface area (Å²) in [6.07, 6.45) is 3.25. The van der Waals surface area contributed by atoms with Crippen molar-refractivity contribution in [2.24, 2.45) is 21.8 Å². The predicted molar refractivity (Wildman–Crippen MR) is 106 cm³/mol. The van der Waals surface area contributed by atoms with Crippen LogP contribution in [0.15, 0.2) is 34.3 Å². The van der Waals surface area contributed by atoms with Gasteiger partial charge in [0.15, 0.2) is 0 Å². The Labute approximate surface area is 165 Å². The Bertz CT molecular complexity index is 865. The lowest BCUT2D eigenvalue weighted by Gasteiger charge is -2.34. The van der Waals surface area contributed by atoms with Gasteiger partial charge in [0, 0.05) is 29.1 Å². The van der Waals surface area contributed by atoms with Crippen LogP contribution in [0.5, 0.6) is 0 Å². The second-order valence-electron chi connectivity index (χ2n) is 8.19. The van der Waals surface area contributed by atoms with Gasteiger partial charge in [-0.05, 0) is 54.9 Å². The molecule has 2 N–H and O–H groups in total. The molecule has 6 nitrogen and oxygen atoms in total. The van der Waals surface area contributed by atoms with E-state index < -0.39 is 10.0 Å². The number of rotatable bonds is 6. The fourth-order valence-electron chi connectivity index (χ4n) is 4.28. The number of hydrazone groups is 1. The van der Waals surface area contributed by atoms with Crippen LogP contribution in [0.25, 0.3) is 0 Å². The largest absolute Gasteiger partial charge is 0.273 e. The highest BCUT2D eigenvalue weighted by Gasteiger charge is 2.59. The molecule has 2 fully saturated rings. The fourth-order valence-corrected chi connectivity index (χ4v) is 5.44. The lowest BCUT2D eigenvalue weighted by molar-refractivity contribution is -0.120. The van der Waals surface area contributed by atoms with Crippen LogP contribution in [0.3, 0.4) is 0 Å². The van der Waals surface area contributed by atoms with Crippen molar-refractivity contribution in [3.63, 3.8) is 0 Å². The molecule has 2 aliphatic carbocycles. The normalized spacial score (nSPS) is 27.9. The Morgan fingerprint density at radius 3 is 2.48 bits per heavy atom. The van der Waals surface area contributed by atoms with Crippen molar-refractivity contribution in [3.05, 3.63) is 29.3 Å². The molecule has 2 bridgehead atoms. The number of nitrogens with one attached hydrogen (secondary N) is 2. The van der Waals surface area contributed by atoms with Gasteiger partial charge < -0.3 is 0 Å². The molecule has 0 spiro atoms. The topological polar surface area (TPSA) is 87.6 Å². The van der Waals surface area contributed by atoms with E-state index in [0.717, 1.165) is 18.6 Å². The predicted octanol–water partition coefficient (Wildman–Crippen LogP) is 3.33. The number of nitrogens with zero attached hydrogens (tertiary/aromatic N) is 1. The molecule has 0 unspecified atom stereocenters. The molecule has 0 heterocycles. The number of carbonyl (C=O) groups is 1. The van der Waals surface area contributed by atoms with Crippen LogP contribution >= 0.6 is 11.6 Å². The second kappa shape index (κ2) is 7.18. The van der Waals surface area contributed by atoms with E-state index in [-0.39, 0.29) is 34.6 Å². The Morgan fingerprint density at radius 2 is 1.93 bits per heavy atom. The maximum atomic E-state index is 12.2. The molecule has 1 aromatic rings. The molecule has 0 radical (unpaired) electrons. The summed E-state index contributed by atoms with van der Waals surface area (Å²) in [6, 6.07) is 5.87. The van der Waals surface area contributed by atoms with E-state index in [1.807, 2.05) is 0 Å². The number of halogens is 1. The maximum Gasteiger partial charge on any atom is 0.241 e. The Kier molecular flexibility index (Phi) is 5.40. The molecule has 0 saturated heterocycles. The summed E-state index contributed by atoms with van der Waals surface area (Å²) in [5.41, 5.74) is 3.89. The van der Waals surface area contributed by atoms with E-state index in [0.29, 0.717) is 10.9 Å². The maximum absolute atomic E-state index is 12.2. The van der Waals surface area contributed by atoms with Crippen molar-refractivity contribution in [1.29, 1.82) is 0 Å². The van der Waals surface area contributed by atoms with Gasteiger partial charge in [0.05, 0.1) is 4.90 Å². The van der Waals surface area contributed by atoms with Crippen LogP contribution in [0.1, 0.15) is 46.5 Å². The third-order valence-corrected chi connectivity index (χ3v) is 8.32. The van der Waals surface area contributed by atoms with Gasteiger partial charge >= 0.3 is 0 Å². The summed E-state index contributed by atoms with van der Waals surface area (Å²) in [4.78, 5) is 12.2. The van der Waals surface area contributed by atoms with Crippen LogP contribution in [0, 0.1) is 16.7 Å². The van der Waals surface area contributed by atoms with E-state index >= 15 is 0 Å². The molecule has 2 atom stereocenters. The van der Waals surface area contributed by atoms with Crippen molar-refractivity contribution in [2.75, 3.05) is 6.54 Å². The average molecular weight is 412 g/mol. The summed E-state index contributed by atoms with van der Waals surface area (Å²) >= 11 is 5.77. The molecule has 0 aliphatic heterocycles. The molecular formula is C19H26ClN3O3S. The van der Waals surface area contributed by atoms with Crippen LogP contribution in [-0.2, 0) is 14.8 Å². The van der Waals surface area contributed by atoms with Gasteiger partial charge in [-0.25, -0.2) is 18.6 Å². The van der Waals surface area contributed by atoms with Gasteiger partial charge in [-0.1, -0.05) is 32.4 Å². The first kappa shape index (κ1) is 20.3. The molecule has 2 saturated carbocycles. The highest BCUT2D eigenvalue weighted by molar-refractivity contribution is 7.89. The van der Waals surface area contributed by atoms with Gasteiger partial charge in [-0.15, -0.1) is 0 Å². The summed E-state index contributed by atoms with van der Waals surface area (Å²) in [6.45, 7) is 6.79. The number of fused-ring (bicyclic) bond motifs is 2. The molecule has 3 rings (SSSR count). The molecule has 2 aliphatic rings. The number of hydrogen-bond donors (Lipinski definition) is 2. The van der Waals surface area contributed by atoms with E-state index in [1.54, 1.807) is 0 Å². The summed E-state index contributed by atoms with van der Waals surface area (Å²) in [5, 5.41) is 4.84. The molecule has 27 heavy (non-hydrogen) atoms. The zero-order valence-electron chi connectivity index (χ0n) is 15.9. The number of carbonyl (C=O) groups excluding carboxylic acids is 1. The van der Waals surface area contributed by atoms with Gasteiger partial charge in [-0.3, -0.25) is 4.79 Å². The van der Waals surface area contributed by atoms with E-state index in [2.05, 4.69) is 36.0 Å². The quantitative estimate of drug-likeness (QED) is 0.704. The molecule has 1 aromatic carbocycles. The summed E-state index contributed by atoms with van der Waals surface area (Å²) in [5.74, 6) is 0.315. The lowest BCUT2D eigenvalue weighted by Crippen LogP contribution is -2.34. The van der Waals surface area contributed by atoms with Crippen molar-refractivity contribution < 1.29 is 13.2 Å². The van der Waals surface area contributed by atoms with Crippen molar-refractivity contribution in [1.82, 2.24) is 10.1 Å². The van der Waals surface area contributed by atoms with Crippen molar-refractivity contribution in [2.45, 2.75) is 51.3 Å². The van der Waals surface area contributed by atoms with Crippen LogP contribution < -0.4 is 10.1 Å². The number of amides is 1. The Morgan fingerprint density at radius 1 is 1.26 bits per heavy atom. The molecule has 1 amide bonds. The lowest BCUT2D eigenvalue weighted by atomic mass is 9.70. The van der Waals surface area contributed by atoms with Gasteiger partial charge in [0.25, 0.3) is 0 Å². The first-order chi connectivity index (χ1) is 12.6. The van der Waals surface area contributed by atoms with E-state index in [9.17, 15) is 13.2 Å². The smallest absolute Gasteiger partial charge is 0.241 e. The molecule has 0 aromatic heterocycles. The molecule has 8 heteroatoms. The standard InChI is InChI=1S/C19H26ClN3O3S/c1-18(2)13-8-10-19(18,3)16(12-13)22-23-17(24)9-11-21-27(25,26)15-6-4-14(20)5-7-15/h4-7,13,21H,8-12H2,1-3H3,(H,23,24)/b22-16+/t13-,19+/m0/s1. The third kappa shape index (κ3) is 3.77. The first-order valence-corrected chi connectivity index (χ1v) is 11.0. The minimum Gasteiger partial charge on any atom is -0.273 e. The summed E-state index contributed by atoms with van der Waals surface area (Å²) < 4.78 is 26.8. The van der Waals surface area contributed by atoms with Gasteiger partial charge in [0.2, 0.25) is 15.9 Å². The zero-order valence-corrected chi connectivity index (χ0v) is 17.5. The third-order valence-electron chi connectivity index (χ3n) is 6.60. The Balaban J connectivity index is 1.52. The Hall–Kier alpha value is -1.44. The monoisotopic (exact) mass is 411 g/mol. The van der Waals surface area contributed by atoms with Gasteiger partial charge in [0.1, 0.15) is 0 Å². The highest BCUT2D eigenvalue weighted by atomic mass is 35.5. The van der Waals surface area contributed by atoms with E-state index in [4.69, 9.17) is 11.6 Å². The van der Waals surface area contributed by atoms with Crippen molar-refractivity contribution in [3.8, 4) is 0 Å². The number of sulfonamides is 1.